The Hall–Kier alpha value is -0.260. The number of aliphatic hydroxyl groups excluding tert-OH is 1. The molecule has 0 aromatic rings. The van der Waals surface area contributed by atoms with Gasteiger partial charge in [-0.2, -0.15) is 11.8 Å². The van der Waals surface area contributed by atoms with E-state index in [4.69, 9.17) is 10.2 Å². The maximum absolute atomic E-state index is 10.5. The van der Waals surface area contributed by atoms with Gasteiger partial charge in [0.05, 0.1) is 13.0 Å². The largest absolute Gasteiger partial charge is 0.481 e. The maximum atomic E-state index is 10.5. The summed E-state index contributed by atoms with van der Waals surface area (Å²) in [5.74, 6) is 1.15. The summed E-state index contributed by atoms with van der Waals surface area (Å²) >= 11 is 1.79. The predicted molar refractivity (Wildman–Crippen MR) is 52.0 cm³/mol. The molecule has 0 aromatic heterocycles. The normalized spacial score (nSPS) is 24.5. The molecule has 1 aliphatic heterocycles. The molecule has 0 saturated carbocycles. The van der Waals surface area contributed by atoms with Crippen molar-refractivity contribution in [2.75, 3.05) is 31.2 Å². The van der Waals surface area contributed by atoms with Crippen LogP contribution >= 0.6 is 11.8 Å². The van der Waals surface area contributed by atoms with Gasteiger partial charge >= 0.3 is 5.97 Å². The Morgan fingerprint density at radius 3 is 3.00 bits per heavy atom. The molecule has 1 heterocycles. The van der Waals surface area contributed by atoms with Crippen molar-refractivity contribution in [3.05, 3.63) is 0 Å². The minimum absolute atomic E-state index is 0.100. The predicted octanol–water partition coefficient (Wildman–Crippen LogP) is -0.129. The van der Waals surface area contributed by atoms with Gasteiger partial charge in [-0.15, -0.1) is 0 Å². The molecular formula is C8H15NO3S. The smallest absolute Gasteiger partial charge is 0.304 e. The lowest BCUT2D eigenvalue weighted by Crippen LogP contribution is -2.44. The SMILES string of the molecule is O=C(O)CC1CSCCN1CCO. The number of aliphatic carboxylic acids is 1. The summed E-state index contributed by atoms with van der Waals surface area (Å²) in [5.41, 5.74) is 0. The van der Waals surface area contributed by atoms with E-state index in [2.05, 4.69) is 4.90 Å². The van der Waals surface area contributed by atoms with E-state index in [-0.39, 0.29) is 19.1 Å². The zero-order valence-electron chi connectivity index (χ0n) is 7.48. The second-order valence-electron chi connectivity index (χ2n) is 3.09. The van der Waals surface area contributed by atoms with Crippen LogP contribution in [0.3, 0.4) is 0 Å². The first-order valence-electron chi connectivity index (χ1n) is 4.38. The number of hydrogen-bond acceptors (Lipinski definition) is 4. The second-order valence-corrected chi connectivity index (χ2v) is 4.24. The molecule has 1 aliphatic rings. The van der Waals surface area contributed by atoms with E-state index in [1.54, 1.807) is 11.8 Å². The lowest BCUT2D eigenvalue weighted by atomic mass is 10.2. The molecule has 1 rings (SSSR count). The fourth-order valence-electron chi connectivity index (χ4n) is 1.50. The molecule has 76 valence electrons. The number of rotatable bonds is 4. The third-order valence-corrected chi connectivity index (χ3v) is 3.24. The Morgan fingerprint density at radius 2 is 2.38 bits per heavy atom. The summed E-state index contributed by atoms with van der Waals surface area (Å²) < 4.78 is 0. The van der Waals surface area contributed by atoms with Crippen molar-refractivity contribution in [1.29, 1.82) is 0 Å². The second kappa shape index (κ2) is 5.47. The number of thioether (sulfide) groups is 1. The first-order chi connectivity index (χ1) is 6.24. The summed E-state index contributed by atoms with van der Waals surface area (Å²) in [4.78, 5) is 12.6. The number of aliphatic hydroxyl groups is 1. The van der Waals surface area contributed by atoms with E-state index in [0.29, 0.717) is 6.54 Å². The fraction of sp³-hybridized carbons (Fsp3) is 0.875. The Balaban J connectivity index is 2.41. The summed E-state index contributed by atoms with van der Waals surface area (Å²) in [7, 11) is 0. The number of carboxylic acids is 1. The van der Waals surface area contributed by atoms with Gasteiger partial charge in [0.2, 0.25) is 0 Å². The van der Waals surface area contributed by atoms with Gasteiger partial charge in [0, 0.05) is 30.6 Å². The van der Waals surface area contributed by atoms with Crippen LogP contribution in [0.4, 0.5) is 0 Å². The average Bonchev–Trinajstić information content (AvgIpc) is 2.08. The Morgan fingerprint density at radius 1 is 1.62 bits per heavy atom. The van der Waals surface area contributed by atoms with Crippen LogP contribution in [-0.4, -0.2) is 58.3 Å². The molecule has 5 heteroatoms. The van der Waals surface area contributed by atoms with Gasteiger partial charge in [-0.1, -0.05) is 0 Å². The topological polar surface area (TPSA) is 60.8 Å². The van der Waals surface area contributed by atoms with E-state index >= 15 is 0 Å². The first kappa shape index (κ1) is 10.8. The van der Waals surface area contributed by atoms with Crippen molar-refractivity contribution in [2.24, 2.45) is 0 Å². The van der Waals surface area contributed by atoms with E-state index in [1.165, 1.54) is 0 Å². The first-order valence-corrected chi connectivity index (χ1v) is 5.54. The highest BCUT2D eigenvalue weighted by atomic mass is 32.2. The number of carboxylic acid groups (broad SMARTS) is 1. The van der Waals surface area contributed by atoms with E-state index in [9.17, 15) is 4.79 Å². The number of β-amino-alcohol motifs (C(OH)–C–C–N with tert-alkyl or cyclic N) is 1. The Labute approximate surface area is 81.9 Å². The highest BCUT2D eigenvalue weighted by Crippen LogP contribution is 2.18. The molecule has 1 atom stereocenters. The van der Waals surface area contributed by atoms with Crippen LogP contribution in [0.2, 0.25) is 0 Å². The van der Waals surface area contributed by atoms with Crippen molar-refractivity contribution >= 4 is 17.7 Å². The van der Waals surface area contributed by atoms with Crippen LogP contribution in [-0.2, 0) is 4.79 Å². The van der Waals surface area contributed by atoms with Gasteiger partial charge < -0.3 is 10.2 Å². The molecule has 1 saturated heterocycles. The lowest BCUT2D eigenvalue weighted by molar-refractivity contribution is -0.138. The standard InChI is InChI=1S/C8H15NO3S/c10-3-1-9-2-4-13-6-7(9)5-8(11)12/h7,10H,1-6H2,(H,11,12). The monoisotopic (exact) mass is 205 g/mol. The van der Waals surface area contributed by atoms with Crippen molar-refractivity contribution < 1.29 is 15.0 Å². The highest BCUT2D eigenvalue weighted by molar-refractivity contribution is 7.99. The van der Waals surface area contributed by atoms with Crippen LogP contribution < -0.4 is 0 Å². The quantitative estimate of drug-likeness (QED) is 0.669. The lowest BCUT2D eigenvalue weighted by Gasteiger charge is -2.33. The van der Waals surface area contributed by atoms with Crippen LogP contribution in [0.25, 0.3) is 0 Å². The average molecular weight is 205 g/mol. The maximum Gasteiger partial charge on any atom is 0.304 e. The van der Waals surface area contributed by atoms with Gasteiger partial charge in [-0.05, 0) is 0 Å². The molecule has 0 spiro atoms. The molecule has 0 radical (unpaired) electrons. The molecule has 0 aliphatic carbocycles. The number of carbonyl (C=O) groups is 1. The third-order valence-electron chi connectivity index (χ3n) is 2.15. The van der Waals surface area contributed by atoms with Gasteiger partial charge in [-0.3, -0.25) is 9.69 Å². The van der Waals surface area contributed by atoms with Gasteiger partial charge in [0.25, 0.3) is 0 Å². The minimum Gasteiger partial charge on any atom is -0.481 e. The molecule has 0 aromatic carbocycles. The van der Waals surface area contributed by atoms with Crippen LogP contribution in [0.5, 0.6) is 0 Å². The van der Waals surface area contributed by atoms with E-state index in [0.717, 1.165) is 18.1 Å². The minimum atomic E-state index is -0.754. The molecule has 0 bridgehead atoms. The van der Waals surface area contributed by atoms with Crippen LogP contribution in [0, 0.1) is 0 Å². The van der Waals surface area contributed by atoms with Crippen molar-refractivity contribution in [2.45, 2.75) is 12.5 Å². The Bertz CT molecular complexity index is 175. The Kier molecular flexibility index (Phi) is 4.55. The summed E-state index contributed by atoms with van der Waals surface area (Å²) in [6, 6.07) is 0.100. The third kappa shape index (κ3) is 3.54. The highest BCUT2D eigenvalue weighted by Gasteiger charge is 2.24. The molecule has 2 N–H and O–H groups in total. The molecule has 4 nitrogen and oxygen atoms in total. The number of hydrogen-bond donors (Lipinski definition) is 2. The van der Waals surface area contributed by atoms with Crippen molar-refractivity contribution in [3.63, 3.8) is 0 Å². The molecule has 13 heavy (non-hydrogen) atoms. The van der Waals surface area contributed by atoms with Gasteiger partial charge in [0.15, 0.2) is 0 Å². The summed E-state index contributed by atoms with van der Waals surface area (Å²) in [6.07, 6.45) is 0.188. The van der Waals surface area contributed by atoms with Crippen LogP contribution in [0.15, 0.2) is 0 Å². The summed E-state index contributed by atoms with van der Waals surface area (Å²) in [5, 5.41) is 17.4. The van der Waals surface area contributed by atoms with Gasteiger partial charge in [0.1, 0.15) is 0 Å². The molecule has 1 unspecified atom stereocenters. The van der Waals surface area contributed by atoms with Crippen molar-refractivity contribution in [1.82, 2.24) is 4.90 Å². The molecular weight excluding hydrogens is 190 g/mol. The number of nitrogens with zero attached hydrogens (tertiary/aromatic N) is 1. The van der Waals surface area contributed by atoms with E-state index < -0.39 is 5.97 Å². The van der Waals surface area contributed by atoms with Crippen molar-refractivity contribution in [3.8, 4) is 0 Å². The zero-order chi connectivity index (χ0) is 9.68. The van der Waals surface area contributed by atoms with Crippen LogP contribution in [0.1, 0.15) is 6.42 Å². The molecule has 1 fully saturated rings. The fourth-order valence-corrected chi connectivity index (χ4v) is 2.63. The molecule has 0 amide bonds. The van der Waals surface area contributed by atoms with Gasteiger partial charge in [-0.25, -0.2) is 0 Å². The van der Waals surface area contributed by atoms with E-state index in [1.807, 2.05) is 0 Å². The summed E-state index contributed by atoms with van der Waals surface area (Å²) in [6.45, 7) is 1.60. The zero-order valence-corrected chi connectivity index (χ0v) is 8.29.